The largest absolute Gasteiger partial charge is 0.493 e. The highest BCUT2D eigenvalue weighted by Crippen LogP contribution is 2.32. The molecule has 1 aliphatic rings. The molecular weight excluding hydrogens is 266 g/mol. The maximum Gasteiger partial charge on any atom is 0.344 e. The molecule has 2 N–H and O–H groups in total. The number of benzene rings is 1. The van der Waals surface area contributed by atoms with Crippen molar-refractivity contribution in [1.82, 2.24) is 0 Å². The Kier molecular flexibility index (Phi) is 5.10. The lowest BCUT2D eigenvalue weighted by Gasteiger charge is -2.31. The smallest absolute Gasteiger partial charge is 0.344 e. The molecule has 2 rings (SSSR count). The van der Waals surface area contributed by atoms with Crippen LogP contribution < -0.4 is 10.5 Å². The van der Waals surface area contributed by atoms with E-state index in [4.69, 9.17) is 15.2 Å². The van der Waals surface area contributed by atoms with Gasteiger partial charge in [-0.25, -0.2) is 4.79 Å². The normalized spacial score (nSPS) is 25.4. The van der Waals surface area contributed by atoms with Crippen molar-refractivity contribution in [2.24, 2.45) is 11.8 Å². The van der Waals surface area contributed by atoms with Gasteiger partial charge in [-0.1, -0.05) is 19.9 Å². The van der Waals surface area contributed by atoms with E-state index in [2.05, 4.69) is 13.8 Å². The van der Waals surface area contributed by atoms with E-state index in [1.165, 1.54) is 6.42 Å². The second-order valence-electron chi connectivity index (χ2n) is 6.10. The number of hydrogen-bond acceptors (Lipinski definition) is 4. The number of esters is 1. The van der Waals surface area contributed by atoms with Crippen molar-refractivity contribution >= 4 is 11.7 Å². The Morgan fingerprint density at radius 2 is 1.90 bits per heavy atom. The molecule has 0 saturated heterocycles. The van der Waals surface area contributed by atoms with Crippen LogP contribution in [-0.4, -0.2) is 18.7 Å². The molecule has 1 aromatic rings. The first-order chi connectivity index (χ1) is 10.0. The number of rotatable bonds is 4. The van der Waals surface area contributed by atoms with E-state index in [0.29, 0.717) is 35.4 Å². The van der Waals surface area contributed by atoms with Crippen LogP contribution in [0.15, 0.2) is 18.2 Å². The molecular formula is C17H25NO3. The van der Waals surface area contributed by atoms with Gasteiger partial charge in [-0.05, 0) is 50.2 Å². The number of nitrogen functional groups attached to an aromatic ring is 1. The van der Waals surface area contributed by atoms with E-state index in [-0.39, 0.29) is 12.1 Å². The zero-order valence-corrected chi connectivity index (χ0v) is 13.1. The fourth-order valence-electron chi connectivity index (χ4n) is 3.22. The Hall–Kier alpha value is -1.71. The minimum absolute atomic E-state index is 0.0228. The molecule has 0 heterocycles. The van der Waals surface area contributed by atoms with Crippen LogP contribution in [0.5, 0.6) is 5.75 Å². The second-order valence-corrected chi connectivity index (χ2v) is 6.10. The summed E-state index contributed by atoms with van der Waals surface area (Å²) in [5, 5.41) is 0. The molecule has 1 aromatic carbocycles. The molecule has 0 radical (unpaired) electrons. The van der Waals surface area contributed by atoms with E-state index in [1.807, 2.05) is 6.92 Å². The van der Waals surface area contributed by atoms with Crippen LogP contribution >= 0.6 is 0 Å². The maximum absolute atomic E-state index is 12.5. The number of carbonyl (C=O) groups excluding carboxylic acids is 1. The summed E-state index contributed by atoms with van der Waals surface area (Å²) in [5.41, 5.74) is 6.69. The third-order valence-corrected chi connectivity index (χ3v) is 3.97. The fraction of sp³-hybridized carbons (Fsp3) is 0.588. The van der Waals surface area contributed by atoms with Gasteiger partial charge in [-0.15, -0.1) is 0 Å². The number of ether oxygens (including phenoxy) is 2. The van der Waals surface area contributed by atoms with Crippen molar-refractivity contribution in [3.63, 3.8) is 0 Å². The van der Waals surface area contributed by atoms with Crippen molar-refractivity contribution in [3.05, 3.63) is 23.8 Å². The van der Waals surface area contributed by atoms with Crippen LogP contribution in [0.3, 0.4) is 0 Å². The summed E-state index contributed by atoms with van der Waals surface area (Å²) in [6, 6.07) is 5.23. The number of hydrogen-bond donors (Lipinski definition) is 1. The van der Waals surface area contributed by atoms with Crippen LogP contribution in [0, 0.1) is 11.8 Å². The average molecular weight is 291 g/mol. The zero-order valence-electron chi connectivity index (χ0n) is 13.1. The van der Waals surface area contributed by atoms with Crippen molar-refractivity contribution in [1.29, 1.82) is 0 Å². The molecule has 2 unspecified atom stereocenters. The van der Waals surface area contributed by atoms with Crippen LogP contribution in [0.2, 0.25) is 0 Å². The van der Waals surface area contributed by atoms with Gasteiger partial charge < -0.3 is 15.2 Å². The molecule has 1 aliphatic carbocycles. The topological polar surface area (TPSA) is 61.5 Å². The Labute approximate surface area is 126 Å². The third kappa shape index (κ3) is 3.90. The highest BCUT2D eigenvalue weighted by atomic mass is 16.5. The molecule has 0 amide bonds. The number of anilines is 1. The van der Waals surface area contributed by atoms with Gasteiger partial charge >= 0.3 is 5.97 Å². The lowest BCUT2D eigenvalue weighted by Crippen LogP contribution is -2.28. The molecule has 4 heteroatoms. The summed E-state index contributed by atoms with van der Waals surface area (Å²) < 4.78 is 11.2. The Balaban J connectivity index is 2.13. The Morgan fingerprint density at radius 3 is 2.52 bits per heavy atom. The molecule has 1 saturated carbocycles. The molecule has 4 nitrogen and oxygen atoms in total. The predicted octanol–water partition coefficient (Wildman–Crippen LogP) is 3.65. The van der Waals surface area contributed by atoms with Gasteiger partial charge in [0.05, 0.1) is 6.61 Å². The lowest BCUT2D eigenvalue weighted by molar-refractivity contribution is 0.00785. The van der Waals surface area contributed by atoms with E-state index in [0.717, 1.165) is 12.8 Å². The third-order valence-electron chi connectivity index (χ3n) is 3.97. The summed E-state index contributed by atoms with van der Waals surface area (Å²) in [7, 11) is 0. The molecule has 0 spiro atoms. The molecule has 0 aromatic heterocycles. The first kappa shape index (κ1) is 15.7. The molecule has 21 heavy (non-hydrogen) atoms. The molecule has 0 aliphatic heterocycles. The van der Waals surface area contributed by atoms with Gasteiger partial charge in [0.25, 0.3) is 0 Å². The maximum atomic E-state index is 12.5. The van der Waals surface area contributed by atoms with Crippen molar-refractivity contribution in [2.45, 2.75) is 46.1 Å². The summed E-state index contributed by atoms with van der Waals surface area (Å²) in [5.74, 6) is 1.30. The zero-order chi connectivity index (χ0) is 15.4. The van der Waals surface area contributed by atoms with Crippen molar-refractivity contribution < 1.29 is 14.3 Å². The summed E-state index contributed by atoms with van der Waals surface area (Å²) in [6.07, 6.45) is 3.02. The summed E-state index contributed by atoms with van der Waals surface area (Å²) in [4.78, 5) is 12.5. The fourth-order valence-corrected chi connectivity index (χ4v) is 3.22. The molecule has 116 valence electrons. The molecule has 0 bridgehead atoms. The van der Waals surface area contributed by atoms with Crippen LogP contribution in [0.4, 0.5) is 5.69 Å². The minimum Gasteiger partial charge on any atom is -0.493 e. The monoisotopic (exact) mass is 291 g/mol. The van der Waals surface area contributed by atoms with Gasteiger partial charge in [0.15, 0.2) is 0 Å². The standard InChI is InChI=1S/C17H25NO3/c1-4-20-15-7-5-6-14(18)16(15)17(19)21-13-9-11(2)8-12(3)10-13/h5-7,11-13H,4,8-10,18H2,1-3H3. The van der Waals surface area contributed by atoms with E-state index in [9.17, 15) is 4.79 Å². The highest BCUT2D eigenvalue weighted by molar-refractivity contribution is 5.98. The number of nitrogens with two attached hydrogens (primary N) is 1. The van der Waals surface area contributed by atoms with Gasteiger partial charge in [0.1, 0.15) is 17.4 Å². The summed E-state index contributed by atoms with van der Waals surface area (Å²) in [6.45, 7) is 6.78. The highest BCUT2D eigenvalue weighted by Gasteiger charge is 2.28. The van der Waals surface area contributed by atoms with Gasteiger partial charge in [0.2, 0.25) is 0 Å². The van der Waals surface area contributed by atoms with Crippen molar-refractivity contribution in [2.75, 3.05) is 12.3 Å². The first-order valence-corrected chi connectivity index (χ1v) is 7.73. The van der Waals surface area contributed by atoms with Crippen molar-refractivity contribution in [3.8, 4) is 5.75 Å². The predicted molar refractivity (Wildman–Crippen MR) is 83.4 cm³/mol. The minimum atomic E-state index is -0.372. The van der Waals surface area contributed by atoms with E-state index >= 15 is 0 Å². The van der Waals surface area contributed by atoms with Gasteiger partial charge in [0, 0.05) is 5.69 Å². The first-order valence-electron chi connectivity index (χ1n) is 7.73. The lowest BCUT2D eigenvalue weighted by atomic mass is 9.82. The quantitative estimate of drug-likeness (QED) is 0.679. The Bertz CT molecular complexity index is 491. The van der Waals surface area contributed by atoms with Gasteiger partial charge in [-0.3, -0.25) is 0 Å². The summed E-state index contributed by atoms with van der Waals surface area (Å²) >= 11 is 0. The molecule has 1 fully saturated rings. The SMILES string of the molecule is CCOc1cccc(N)c1C(=O)OC1CC(C)CC(C)C1. The average Bonchev–Trinajstić information content (AvgIpc) is 2.37. The molecule has 2 atom stereocenters. The van der Waals surface area contributed by atoms with Crippen LogP contribution in [0.25, 0.3) is 0 Å². The number of carbonyl (C=O) groups is 1. The van der Waals surface area contributed by atoms with Crippen LogP contribution in [0.1, 0.15) is 50.4 Å². The van der Waals surface area contributed by atoms with Crippen LogP contribution in [-0.2, 0) is 4.74 Å². The van der Waals surface area contributed by atoms with E-state index < -0.39 is 0 Å². The van der Waals surface area contributed by atoms with Gasteiger partial charge in [-0.2, -0.15) is 0 Å². The second kappa shape index (κ2) is 6.83. The Morgan fingerprint density at radius 1 is 1.24 bits per heavy atom. The van der Waals surface area contributed by atoms with E-state index in [1.54, 1.807) is 18.2 Å².